The van der Waals surface area contributed by atoms with Gasteiger partial charge in [-0.1, -0.05) is 13.0 Å². The highest BCUT2D eigenvalue weighted by atomic mass is 16.6. The van der Waals surface area contributed by atoms with Gasteiger partial charge in [-0.2, -0.15) is 4.68 Å². The van der Waals surface area contributed by atoms with Crippen molar-refractivity contribution in [3.05, 3.63) is 55.8 Å². The number of nitrogens with one attached hydrogen (secondary N) is 1. The normalized spacial score (nSPS) is 11.8. The van der Waals surface area contributed by atoms with E-state index in [-0.39, 0.29) is 17.2 Å². The van der Waals surface area contributed by atoms with Crippen LogP contribution >= 0.6 is 0 Å². The Morgan fingerprint density at radius 3 is 2.44 bits per heavy atom. The molecule has 0 spiro atoms. The van der Waals surface area contributed by atoms with Crippen LogP contribution in [0.1, 0.15) is 30.6 Å². The zero-order chi connectivity index (χ0) is 18.7. The van der Waals surface area contributed by atoms with Gasteiger partial charge in [-0.25, -0.2) is 0 Å². The molecule has 1 heterocycles. The lowest BCUT2D eigenvalue weighted by Crippen LogP contribution is -2.27. The van der Waals surface area contributed by atoms with Crippen LogP contribution in [0.5, 0.6) is 0 Å². The summed E-state index contributed by atoms with van der Waals surface area (Å²) in [6.45, 7) is 5.03. The third-order valence-electron chi connectivity index (χ3n) is 3.69. The molecule has 0 bridgehead atoms. The molecule has 2 aromatic rings. The number of hydrogen-bond acceptors (Lipinski definition) is 6. The molecule has 2 rings (SSSR count). The maximum atomic E-state index is 12.6. The van der Waals surface area contributed by atoms with E-state index in [0.717, 1.165) is 0 Å². The van der Waals surface area contributed by atoms with Crippen LogP contribution in [0.3, 0.4) is 0 Å². The van der Waals surface area contributed by atoms with Crippen LogP contribution in [0.2, 0.25) is 0 Å². The highest BCUT2D eigenvalue weighted by Gasteiger charge is 2.28. The molecule has 0 aliphatic rings. The number of anilines is 1. The molecule has 1 aromatic heterocycles. The standard InChI is InChI=1S/C15H17N5O5/c1-4-12(18-10(3)8-14(17-18)20(24)25)15(21)16-11-6-5-9(2)7-13(11)19(22)23/h5-8,12H,4H2,1-3H3,(H,16,21). The molecule has 0 aliphatic carbocycles. The Labute approximate surface area is 142 Å². The minimum atomic E-state index is -0.824. The molecule has 25 heavy (non-hydrogen) atoms. The average molecular weight is 347 g/mol. The van der Waals surface area contributed by atoms with Crippen LogP contribution in [0.4, 0.5) is 17.2 Å². The number of amides is 1. The van der Waals surface area contributed by atoms with Gasteiger partial charge in [0, 0.05) is 6.07 Å². The summed E-state index contributed by atoms with van der Waals surface area (Å²) < 4.78 is 1.26. The van der Waals surface area contributed by atoms with Crippen LogP contribution in [-0.4, -0.2) is 25.5 Å². The molecule has 0 radical (unpaired) electrons. The largest absolute Gasteiger partial charge is 0.390 e. The van der Waals surface area contributed by atoms with Crippen molar-refractivity contribution in [2.75, 3.05) is 5.32 Å². The fraction of sp³-hybridized carbons (Fsp3) is 0.333. The lowest BCUT2D eigenvalue weighted by atomic mass is 10.1. The fourth-order valence-electron chi connectivity index (χ4n) is 2.46. The Morgan fingerprint density at radius 2 is 1.92 bits per heavy atom. The molecule has 1 amide bonds. The second-order valence-electron chi connectivity index (χ2n) is 5.54. The molecule has 1 aromatic carbocycles. The topological polar surface area (TPSA) is 133 Å². The van der Waals surface area contributed by atoms with Crippen molar-refractivity contribution in [2.24, 2.45) is 0 Å². The fourth-order valence-corrected chi connectivity index (χ4v) is 2.46. The first-order chi connectivity index (χ1) is 11.7. The molecule has 10 heteroatoms. The molecule has 0 saturated heterocycles. The summed E-state index contributed by atoms with van der Waals surface area (Å²) >= 11 is 0. The van der Waals surface area contributed by atoms with Gasteiger partial charge in [0.1, 0.15) is 5.69 Å². The van der Waals surface area contributed by atoms with Crippen LogP contribution in [-0.2, 0) is 4.79 Å². The molecule has 0 saturated carbocycles. The first-order valence-corrected chi connectivity index (χ1v) is 7.51. The van der Waals surface area contributed by atoms with Gasteiger partial charge >= 0.3 is 5.82 Å². The SMILES string of the molecule is CCC(C(=O)Nc1ccc(C)cc1[N+](=O)[O-])n1nc([N+](=O)[O-])cc1C. The van der Waals surface area contributed by atoms with Crippen molar-refractivity contribution in [2.45, 2.75) is 33.2 Å². The maximum absolute atomic E-state index is 12.6. The summed E-state index contributed by atoms with van der Waals surface area (Å²) in [5.74, 6) is -0.888. The van der Waals surface area contributed by atoms with E-state index in [4.69, 9.17) is 0 Å². The first kappa shape index (κ1) is 18.0. The molecular weight excluding hydrogens is 330 g/mol. The summed E-state index contributed by atoms with van der Waals surface area (Å²) in [6, 6.07) is 4.91. The van der Waals surface area contributed by atoms with Gasteiger partial charge in [-0.3, -0.25) is 14.9 Å². The monoisotopic (exact) mass is 347 g/mol. The Balaban J connectivity index is 2.33. The number of hydrogen-bond donors (Lipinski definition) is 1. The van der Waals surface area contributed by atoms with Gasteiger partial charge in [0.15, 0.2) is 6.04 Å². The van der Waals surface area contributed by atoms with Gasteiger partial charge in [-0.15, -0.1) is 0 Å². The summed E-state index contributed by atoms with van der Waals surface area (Å²) in [7, 11) is 0. The zero-order valence-electron chi connectivity index (χ0n) is 13.9. The third-order valence-corrected chi connectivity index (χ3v) is 3.69. The minimum absolute atomic E-state index is 0.0679. The summed E-state index contributed by atoms with van der Waals surface area (Å²) in [6.07, 6.45) is 0.311. The van der Waals surface area contributed by atoms with Gasteiger partial charge < -0.3 is 15.4 Å². The summed E-state index contributed by atoms with van der Waals surface area (Å²) in [5, 5.41) is 28.4. The van der Waals surface area contributed by atoms with E-state index < -0.39 is 21.8 Å². The van der Waals surface area contributed by atoms with Crippen molar-refractivity contribution >= 4 is 23.1 Å². The molecule has 0 aliphatic heterocycles. The highest BCUT2D eigenvalue weighted by Crippen LogP contribution is 2.27. The quantitative estimate of drug-likeness (QED) is 0.631. The Hall–Kier alpha value is -3.30. The van der Waals surface area contributed by atoms with Gasteiger partial charge in [-0.05, 0) is 36.8 Å². The van der Waals surface area contributed by atoms with Gasteiger partial charge in [0.05, 0.1) is 21.8 Å². The van der Waals surface area contributed by atoms with Crippen molar-refractivity contribution in [1.82, 2.24) is 9.78 Å². The average Bonchev–Trinajstić information content (AvgIpc) is 2.92. The van der Waals surface area contributed by atoms with E-state index in [1.807, 2.05) is 0 Å². The van der Waals surface area contributed by atoms with E-state index in [9.17, 15) is 25.0 Å². The first-order valence-electron chi connectivity index (χ1n) is 7.51. The smallest absolute Gasteiger partial charge is 0.358 e. The predicted molar refractivity (Wildman–Crippen MR) is 89.4 cm³/mol. The zero-order valence-corrected chi connectivity index (χ0v) is 13.9. The summed E-state index contributed by atoms with van der Waals surface area (Å²) in [4.78, 5) is 33.4. The second kappa shape index (κ2) is 7.07. The molecule has 1 N–H and O–H groups in total. The van der Waals surface area contributed by atoms with E-state index >= 15 is 0 Å². The van der Waals surface area contributed by atoms with Gasteiger partial charge in [0.25, 0.3) is 11.6 Å². The van der Waals surface area contributed by atoms with E-state index in [1.54, 1.807) is 26.8 Å². The third kappa shape index (κ3) is 3.79. The van der Waals surface area contributed by atoms with Crippen molar-refractivity contribution in [1.29, 1.82) is 0 Å². The van der Waals surface area contributed by atoms with E-state index in [1.165, 1.54) is 22.9 Å². The molecular formula is C15H17N5O5. The summed E-state index contributed by atoms with van der Waals surface area (Å²) in [5.41, 5.74) is 0.993. The highest BCUT2D eigenvalue weighted by molar-refractivity contribution is 5.95. The predicted octanol–water partition coefficient (Wildman–Crippen LogP) is 2.91. The molecule has 0 fully saturated rings. The number of rotatable bonds is 6. The molecule has 1 atom stereocenters. The van der Waals surface area contributed by atoms with Crippen LogP contribution in [0.15, 0.2) is 24.3 Å². The number of nitro groups is 2. The molecule has 132 valence electrons. The van der Waals surface area contributed by atoms with Crippen molar-refractivity contribution in [3.8, 4) is 0 Å². The Morgan fingerprint density at radius 1 is 1.24 bits per heavy atom. The second-order valence-corrected chi connectivity index (χ2v) is 5.54. The number of nitrogens with zero attached hydrogens (tertiary/aromatic N) is 4. The number of aromatic nitrogens is 2. The van der Waals surface area contributed by atoms with Crippen LogP contribution in [0.25, 0.3) is 0 Å². The van der Waals surface area contributed by atoms with Crippen LogP contribution < -0.4 is 5.32 Å². The van der Waals surface area contributed by atoms with Crippen LogP contribution in [0, 0.1) is 34.1 Å². The number of carbonyl (C=O) groups is 1. The van der Waals surface area contributed by atoms with Crippen molar-refractivity contribution < 1.29 is 14.6 Å². The molecule has 1 unspecified atom stereocenters. The molecule has 10 nitrogen and oxygen atoms in total. The van der Waals surface area contributed by atoms with Crippen molar-refractivity contribution in [3.63, 3.8) is 0 Å². The Kier molecular flexibility index (Phi) is 5.11. The number of nitro benzene ring substituents is 1. The van der Waals surface area contributed by atoms with Gasteiger partial charge in [0.2, 0.25) is 0 Å². The number of benzene rings is 1. The lowest BCUT2D eigenvalue weighted by molar-refractivity contribution is -0.389. The number of carbonyl (C=O) groups excluding carboxylic acids is 1. The number of aryl methyl sites for hydroxylation is 2. The van der Waals surface area contributed by atoms with E-state index in [2.05, 4.69) is 10.4 Å². The minimum Gasteiger partial charge on any atom is -0.358 e. The Bertz CT molecular complexity index is 845. The van der Waals surface area contributed by atoms with E-state index in [0.29, 0.717) is 17.7 Å². The maximum Gasteiger partial charge on any atom is 0.390 e. The lowest BCUT2D eigenvalue weighted by Gasteiger charge is -2.14.